The molecule has 0 rings (SSSR count). The van der Waals surface area contributed by atoms with Crippen molar-refractivity contribution < 1.29 is 4.74 Å². The van der Waals surface area contributed by atoms with Gasteiger partial charge in [0.15, 0.2) is 0 Å². The minimum absolute atomic E-state index is 0.734. The molecule has 0 spiro atoms. The number of hydrogen-bond acceptors (Lipinski definition) is 1. The van der Waals surface area contributed by atoms with Gasteiger partial charge in [-0.2, -0.15) is 0 Å². The molecule has 0 heterocycles. The summed E-state index contributed by atoms with van der Waals surface area (Å²) in [5.74, 6) is 1.47. The first-order valence-electron chi connectivity index (χ1n) is 15.8. The molecule has 2 atom stereocenters. The fourth-order valence-corrected chi connectivity index (χ4v) is 4.95. The second-order valence-electron chi connectivity index (χ2n) is 11.4. The molecular weight excluding hydrogens is 400 g/mol. The average molecular weight is 467 g/mol. The van der Waals surface area contributed by atoms with Crippen molar-refractivity contribution in [2.45, 2.75) is 182 Å². The van der Waals surface area contributed by atoms with Gasteiger partial charge in [-0.05, 0) is 24.7 Å². The topological polar surface area (TPSA) is 9.23 Å². The number of rotatable bonds is 28. The van der Waals surface area contributed by atoms with Crippen LogP contribution in [-0.2, 0) is 4.74 Å². The van der Waals surface area contributed by atoms with Crippen molar-refractivity contribution in [2.24, 2.45) is 11.8 Å². The van der Waals surface area contributed by atoms with Gasteiger partial charge in [0.1, 0.15) is 0 Å². The third-order valence-corrected chi connectivity index (χ3v) is 7.41. The van der Waals surface area contributed by atoms with Crippen LogP contribution in [0, 0.1) is 11.8 Å². The SMILES string of the molecule is CCCCCCCCCCCCCC(C)COCC(C)CCCCCCCCCCCCC. The van der Waals surface area contributed by atoms with E-state index < -0.39 is 0 Å². The van der Waals surface area contributed by atoms with Gasteiger partial charge in [0.25, 0.3) is 0 Å². The van der Waals surface area contributed by atoms with Gasteiger partial charge in [0, 0.05) is 13.2 Å². The third-order valence-electron chi connectivity index (χ3n) is 7.41. The van der Waals surface area contributed by atoms with Crippen LogP contribution in [0.1, 0.15) is 182 Å². The average Bonchev–Trinajstić information content (AvgIpc) is 2.81. The van der Waals surface area contributed by atoms with E-state index in [9.17, 15) is 0 Å². The van der Waals surface area contributed by atoms with Gasteiger partial charge in [-0.1, -0.05) is 169 Å². The highest BCUT2D eigenvalue weighted by atomic mass is 16.5. The van der Waals surface area contributed by atoms with E-state index in [1.54, 1.807) is 0 Å². The second kappa shape index (κ2) is 28.2. The summed E-state index contributed by atoms with van der Waals surface area (Å²) >= 11 is 0. The maximum Gasteiger partial charge on any atom is 0.0491 e. The highest BCUT2D eigenvalue weighted by Crippen LogP contribution is 2.17. The molecule has 0 aliphatic rings. The Kier molecular flexibility index (Phi) is 28.2. The first-order chi connectivity index (χ1) is 16.2. The van der Waals surface area contributed by atoms with Crippen LogP contribution >= 0.6 is 0 Å². The standard InChI is InChI=1S/C32H66O/c1-5-7-9-11-13-15-17-19-21-23-25-27-31(3)29-33-30-32(4)28-26-24-22-20-18-16-14-12-10-8-6-2/h31-32H,5-30H2,1-4H3. The van der Waals surface area contributed by atoms with Crippen molar-refractivity contribution in [1.29, 1.82) is 0 Å². The monoisotopic (exact) mass is 467 g/mol. The fourth-order valence-electron chi connectivity index (χ4n) is 4.95. The molecule has 0 N–H and O–H groups in total. The Morgan fingerprint density at radius 2 is 0.606 bits per heavy atom. The molecule has 1 heteroatoms. The molecule has 0 saturated heterocycles. The van der Waals surface area contributed by atoms with Crippen LogP contribution in [-0.4, -0.2) is 13.2 Å². The number of hydrogen-bond donors (Lipinski definition) is 0. The summed E-state index contributed by atoms with van der Waals surface area (Å²) in [5, 5.41) is 0. The van der Waals surface area contributed by atoms with E-state index >= 15 is 0 Å². The second-order valence-corrected chi connectivity index (χ2v) is 11.4. The zero-order chi connectivity index (χ0) is 24.2. The van der Waals surface area contributed by atoms with Crippen molar-refractivity contribution in [1.82, 2.24) is 0 Å². The van der Waals surface area contributed by atoms with E-state index in [2.05, 4.69) is 27.7 Å². The largest absolute Gasteiger partial charge is 0.381 e. The number of ether oxygens (including phenoxy) is 1. The zero-order valence-corrected chi connectivity index (χ0v) is 23.9. The van der Waals surface area contributed by atoms with Crippen molar-refractivity contribution in [3.8, 4) is 0 Å². The summed E-state index contributed by atoms with van der Waals surface area (Å²) in [6, 6.07) is 0. The molecule has 0 aromatic carbocycles. The molecular formula is C32H66O. The molecule has 33 heavy (non-hydrogen) atoms. The molecule has 0 radical (unpaired) electrons. The van der Waals surface area contributed by atoms with Gasteiger partial charge in [0.2, 0.25) is 0 Å². The van der Waals surface area contributed by atoms with E-state index in [0.29, 0.717) is 0 Å². The Morgan fingerprint density at radius 3 is 0.879 bits per heavy atom. The molecule has 0 aromatic heterocycles. The maximum atomic E-state index is 6.06. The third kappa shape index (κ3) is 28.1. The van der Waals surface area contributed by atoms with E-state index in [4.69, 9.17) is 4.74 Å². The minimum atomic E-state index is 0.734. The molecule has 0 saturated carbocycles. The van der Waals surface area contributed by atoms with E-state index in [1.807, 2.05) is 0 Å². The summed E-state index contributed by atoms with van der Waals surface area (Å²) < 4.78 is 6.06. The molecule has 0 fully saturated rings. The van der Waals surface area contributed by atoms with Gasteiger partial charge in [0.05, 0.1) is 0 Å². The Balaban J connectivity index is 3.27. The van der Waals surface area contributed by atoms with E-state index in [-0.39, 0.29) is 0 Å². The maximum absolute atomic E-state index is 6.06. The highest BCUT2D eigenvalue weighted by Gasteiger charge is 2.06. The van der Waals surface area contributed by atoms with E-state index in [0.717, 1.165) is 25.0 Å². The molecule has 0 aliphatic carbocycles. The first kappa shape index (κ1) is 33.0. The Hall–Kier alpha value is -0.0400. The fraction of sp³-hybridized carbons (Fsp3) is 1.00. The summed E-state index contributed by atoms with van der Waals surface area (Å²) in [4.78, 5) is 0. The van der Waals surface area contributed by atoms with Gasteiger partial charge in [-0.25, -0.2) is 0 Å². The molecule has 0 aliphatic heterocycles. The first-order valence-corrected chi connectivity index (χ1v) is 15.8. The Morgan fingerprint density at radius 1 is 0.364 bits per heavy atom. The lowest BCUT2D eigenvalue weighted by Gasteiger charge is -2.15. The highest BCUT2D eigenvalue weighted by molar-refractivity contribution is 4.57. The van der Waals surface area contributed by atoms with Crippen molar-refractivity contribution in [3.63, 3.8) is 0 Å². The quantitative estimate of drug-likeness (QED) is 0.104. The van der Waals surface area contributed by atoms with Crippen LogP contribution in [0.4, 0.5) is 0 Å². The van der Waals surface area contributed by atoms with Crippen LogP contribution in [0.5, 0.6) is 0 Å². The van der Waals surface area contributed by atoms with Gasteiger partial charge in [-0.3, -0.25) is 0 Å². The van der Waals surface area contributed by atoms with E-state index in [1.165, 1.54) is 154 Å². The lowest BCUT2D eigenvalue weighted by molar-refractivity contribution is 0.0741. The predicted octanol–water partition coefficient (Wildman–Crippen LogP) is 11.7. The van der Waals surface area contributed by atoms with Gasteiger partial charge < -0.3 is 4.74 Å². The van der Waals surface area contributed by atoms with Crippen molar-refractivity contribution >= 4 is 0 Å². The van der Waals surface area contributed by atoms with Crippen LogP contribution < -0.4 is 0 Å². The van der Waals surface area contributed by atoms with Crippen molar-refractivity contribution in [2.75, 3.05) is 13.2 Å². The molecule has 200 valence electrons. The van der Waals surface area contributed by atoms with Crippen LogP contribution in [0.3, 0.4) is 0 Å². The molecule has 0 amide bonds. The molecule has 2 unspecified atom stereocenters. The Labute approximate surface area is 211 Å². The lowest BCUT2D eigenvalue weighted by Crippen LogP contribution is -2.11. The summed E-state index contributed by atoms with van der Waals surface area (Å²) in [5.41, 5.74) is 0. The normalized spacial score (nSPS) is 13.5. The number of unbranched alkanes of at least 4 members (excludes halogenated alkanes) is 20. The molecule has 0 bridgehead atoms. The van der Waals surface area contributed by atoms with Crippen LogP contribution in [0.2, 0.25) is 0 Å². The Bertz CT molecular complexity index is 307. The van der Waals surface area contributed by atoms with Crippen molar-refractivity contribution in [3.05, 3.63) is 0 Å². The molecule has 0 aromatic rings. The van der Waals surface area contributed by atoms with Gasteiger partial charge >= 0.3 is 0 Å². The smallest absolute Gasteiger partial charge is 0.0491 e. The molecule has 1 nitrogen and oxygen atoms in total. The predicted molar refractivity (Wildman–Crippen MR) is 151 cm³/mol. The minimum Gasteiger partial charge on any atom is -0.381 e. The summed E-state index contributed by atoms with van der Waals surface area (Å²) in [6.07, 6.45) is 34.3. The van der Waals surface area contributed by atoms with Crippen LogP contribution in [0.15, 0.2) is 0 Å². The summed E-state index contributed by atoms with van der Waals surface area (Å²) in [7, 11) is 0. The van der Waals surface area contributed by atoms with Crippen LogP contribution in [0.25, 0.3) is 0 Å². The zero-order valence-electron chi connectivity index (χ0n) is 23.9. The van der Waals surface area contributed by atoms with Gasteiger partial charge in [-0.15, -0.1) is 0 Å². The lowest BCUT2D eigenvalue weighted by atomic mass is 10.0. The summed E-state index contributed by atoms with van der Waals surface area (Å²) in [6.45, 7) is 11.3.